The second kappa shape index (κ2) is 7.18. The predicted molar refractivity (Wildman–Crippen MR) is 89.1 cm³/mol. The Morgan fingerprint density at radius 2 is 2.13 bits per heavy atom. The molecule has 2 aromatic rings. The first-order valence-corrected chi connectivity index (χ1v) is 7.89. The van der Waals surface area contributed by atoms with Crippen LogP contribution in [0.2, 0.25) is 0 Å². The van der Waals surface area contributed by atoms with E-state index in [4.69, 9.17) is 9.47 Å². The Balaban J connectivity index is 1.49. The minimum Gasteiger partial charge on any atom is -0.496 e. The first-order valence-electron chi connectivity index (χ1n) is 7.89. The lowest BCUT2D eigenvalue weighted by molar-refractivity contribution is -0.120. The van der Waals surface area contributed by atoms with Gasteiger partial charge in [0.1, 0.15) is 11.5 Å². The maximum absolute atomic E-state index is 12.1. The van der Waals surface area contributed by atoms with Crippen molar-refractivity contribution in [2.75, 3.05) is 20.3 Å². The summed E-state index contributed by atoms with van der Waals surface area (Å²) in [6.45, 7) is 1.40. The molecule has 23 heavy (non-hydrogen) atoms. The maximum Gasteiger partial charge on any atom is 0.224 e. The number of ether oxygens (including phenoxy) is 2. The van der Waals surface area contributed by atoms with Crippen LogP contribution in [0.3, 0.4) is 0 Å². The molecule has 1 aliphatic heterocycles. The molecular weight excluding hydrogens is 290 g/mol. The molecule has 0 unspecified atom stereocenters. The number of carbonyl (C=O) groups excluding carboxylic acids is 1. The molecule has 1 aliphatic rings. The number of rotatable bonds is 6. The van der Waals surface area contributed by atoms with Crippen molar-refractivity contribution in [1.82, 2.24) is 5.32 Å². The Morgan fingerprint density at radius 1 is 1.26 bits per heavy atom. The average molecular weight is 311 g/mol. The van der Waals surface area contributed by atoms with E-state index in [1.165, 1.54) is 11.1 Å². The van der Waals surface area contributed by atoms with Crippen molar-refractivity contribution < 1.29 is 14.3 Å². The smallest absolute Gasteiger partial charge is 0.224 e. The van der Waals surface area contributed by atoms with E-state index in [1.54, 1.807) is 7.11 Å². The van der Waals surface area contributed by atoms with Gasteiger partial charge in [-0.2, -0.15) is 0 Å². The molecule has 2 aromatic carbocycles. The number of amides is 1. The van der Waals surface area contributed by atoms with Crippen LogP contribution in [0.4, 0.5) is 0 Å². The highest BCUT2D eigenvalue weighted by Gasteiger charge is 2.12. The fourth-order valence-electron chi connectivity index (χ4n) is 2.83. The maximum atomic E-state index is 12.1. The number of hydrogen-bond donors (Lipinski definition) is 1. The van der Waals surface area contributed by atoms with Crippen LogP contribution >= 0.6 is 0 Å². The number of fused-ring (bicyclic) bond motifs is 1. The van der Waals surface area contributed by atoms with Crippen molar-refractivity contribution in [2.24, 2.45) is 0 Å². The summed E-state index contributed by atoms with van der Waals surface area (Å²) in [5.41, 5.74) is 3.40. The van der Waals surface area contributed by atoms with Crippen LogP contribution in [0.1, 0.15) is 16.7 Å². The van der Waals surface area contributed by atoms with Gasteiger partial charge in [-0.25, -0.2) is 0 Å². The molecule has 0 aliphatic carbocycles. The highest BCUT2D eigenvalue weighted by atomic mass is 16.5. The Bertz CT molecular complexity index is 697. The van der Waals surface area contributed by atoms with Crippen molar-refractivity contribution in [3.63, 3.8) is 0 Å². The SMILES string of the molecule is COc1ccccc1CC(=O)NCCc1ccc2c(c1)CCO2. The summed E-state index contributed by atoms with van der Waals surface area (Å²) in [4.78, 5) is 12.1. The van der Waals surface area contributed by atoms with Crippen LogP contribution in [0.25, 0.3) is 0 Å². The molecule has 0 saturated heterocycles. The Kier molecular flexibility index (Phi) is 4.81. The fourth-order valence-corrected chi connectivity index (χ4v) is 2.83. The third-order valence-electron chi connectivity index (χ3n) is 4.03. The zero-order valence-corrected chi connectivity index (χ0v) is 13.3. The van der Waals surface area contributed by atoms with Crippen LogP contribution < -0.4 is 14.8 Å². The van der Waals surface area contributed by atoms with Gasteiger partial charge in [0.25, 0.3) is 0 Å². The van der Waals surface area contributed by atoms with Gasteiger partial charge >= 0.3 is 0 Å². The van der Waals surface area contributed by atoms with E-state index in [1.807, 2.05) is 30.3 Å². The number of carbonyl (C=O) groups is 1. The standard InChI is InChI=1S/C19H21NO3/c1-22-17-5-3-2-4-15(17)13-19(21)20-10-8-14-6-7-18-16(12-14)9-11-23-18/h2-7,12H,8-11,13H2,1H3,(H,20,21). The molecule has 4 nitrogen and oxygen atoms in total. The molecule has 0 aromatic heterocycles. The molecule has 1 amide bonds. The van der Waals surface area contributed by atoms with Gasteiger partial charge in [0, 0.05) is 18.5 Å². The lowest BCUT2D eigenvalue weighted by atomic mass is 10.1. The van der Waals surface area contributed by atoms with Crippen LogP contribution in [0.15, 0.2) is 42.5 Å². The summed E-state index contributed by atoms with van der Waals surface area (Å²) >= 11 is 0. The van der Waals surface area contributed by atoms with Crippen molar-refractivity contribution in [3.05, 3.63) is 59.2 Å². The summed E-state index contributed by atoms with van der Waals surface area (Å²) in [6, 6.07) is 13.9. The molecule has 4 heteroatoms. The fraction of sp³-hybridized carbons (Fsp3) is 0.316. The monoisotopic (exact) mass is 311 g/mol. The van der Waals surface area contributed by atoms with Crippen LogP contribution in [0, 0.1) is 0 Å². The minimum atomic E-state index is 0.0130. The second-order valence-electron chi connectivity index (χ2n) is 5.63. The molecule has 0 radical (unpaired) electrons. The highest BCUT2D eigenvalue weighted by molar-refractivity contribution is 5.79. The molecule has 0 fully saturated rings. The van der Waals surface area contributed by atoms with Gasteiger partial charge in [-0.1, -0.05) is 30.3 Å². The van der Waals surface area contributed by atoms with E-state index in [0.717, 1.165) is 36.5 Å². The predicted octanol–water partition coefficient (Wildman–Crippen LogP) is 2.53. The number of nitrogens with one attached hydrogen (secondary N) is 1. The molecule has 3 rings (SSSR count). The normalized spacial score (nSPS) is 12.4. The van der Waals surface area contributed by atoms with Crippen LogP contribution in [-0.4, -0.2) is 26.2 Å². The molecule has 1 heterocycles. The van der Waals surface area contributed by atoms with E-state index >= 15 is 0 Å². The van der Waals surface area contributed by atoms with Gasteiger partial charge < -0.3 is 14.8 Å². The number of hydrogen-bond acceptors (Lipinski definition) is 3. The number of para-hydroxylation sites is 1. The van der Waals surface area contributed by atoms with Crippen LogP contribution in [-0.2, 0) is 24.1 Å². The zero-order chi connectivity index (χ0) is 16.1. The molecule has 0 atom stereocenters. The van der Waals surface area contributed by atoms with Gasteiger partial charge in [-0.3, -0.25) is 4.79 Å². The molecule has 0 spiro atoms. The lowest BCUT2D eigenvalue weighted by Crippen LogP contribution is -2.27. The van der Waals surface area contributed by atoms with Gasteiger partial charge in [0.2, 0.25) is 5.91 Å². The summed E-state index contributed by atoms with van der Waals surface area (Å²) in [7, 11) is 1.62. The van der Waals surface area contributed by atoms with Gasteiger partial charge in [0.05, 0.1) is 20.1 Å². The number of methoxy groups -OCH3 is 1. The van der Waals surface area contributed by atoms with Gasteiger partial charge in [-0.05, 0) is 29.7 Å². The highest BCUT2D eigenvalue weighted by Crippen LogP contribution is 2.25. The van der Waals surface area contributed by atoms with Crippen molar-refractivity contribution >= 4 is 5.91 Å². The Labute approximate surface area is 136 Å². The Morgan fingerprint density at radius 3 is 3.00 bits per heavy atom. The van der Waals surface area contributed by atoms with E-state index in [-0.39, 0.29) is 5.91 Å². The summed E-state index contributed by atoms with van der Waals surface area (Å²) < 4.78 is 10.8. The quantitative estimate of drug-likeness (QED) is 0.892. The van der Waals surface area contributed by atoms with E-state index < -0.39 is 0 Å². The van der Waals surface area contributed by atoms with E-state index in [9.17, 15) is 4.79 Å². The Hall–Kier alpha value is -2.49. The second-order valence-corrected chi connectivity index (χ2v) is 5.63. The van der Waals surface area contributed by atoms with E-state index in [2.05, 4.69) is 17.4 Å². The zero-order valence-electron chi connectivity index (χ0n) is 13.3. The van der Waals surface area contributed by atoms with Gasteiger partial charge in [0.15, 0.2) is 0 Å². The summed E-state index contributed by atoms with van der Waals surface area (Å²) in [5, 5.41) is 2.97. The first-order chi connectivity index (χ1) is 11.3. The van der Waals surface area contributed by atoms with Crippen molar-refractivity contribution in [3.8, 4) is 11.5 Å². The third-order valence-corrected chi connectivity index (χ3v) is 4.03. The number of benzene rings is 2. The minimum absolute atomic E-state index is 0.0130. The molecule has 0 bridgehead atoms. The molecule has 1 N–H and O–H groups in total. The molecular formula is C19H21NO3. The van der Waals surface area contributed by atoms with Crippen LogP contribution in [0.5, 0.6) is 11.5 Å². The molecule has 0 saturated carbocycles. The molecule has 120 valence electrons. The average Bonchev–Trinajstić information content (AvgIpc) is 3.03. The third kappa shape index (κ3) is 3.83. The first kappa shape index (κ1) is 15.4. The van der Waals surface area contributed by atoms with Gasteiger partial charge in [-0.15, -0.1) is 0 Å². The summed E-state index contributed by atoms with van der Waals surface area (Å²) in [5.74, 6) is 1.76. The van der Waals surface area contributed by atoms with E-state index in [0.29, 0.717) is 13.0 Å². The largest absolute Gasteiger partial charge is 0.496 e. The van der Waals surface area contributed by atoms with Crippen molar-refractivity contribution in [2.45, 2.75) is 19.3 Å². The summed E-state index contributed by atoms with van der Waals surface area (Å²) in [6.07, 6.45) is 2.14. The topological polar surface area (TPSA) is 47.6 Å². The van der Waals surface area contributed by atoms with Crippen molar-refractivity contribution in [1.29, 1.82) is 0 Å². The lowest BCUT2D eigenvalue weighted by Gasteiger charge is -2.09.